The van der Waals surface area contributed by atoms with Crippen LogP contribution >= 0.6 is 0 Å². The summed E-state index contributed by atoms with van der Waals surface area (Å²) in [5.41, 5.74) is 1.06. The average Bonchev–Trinajstić information content (AvgIpc) is 2.54. The van der Waals surface area contributed by atoms with Crippen LogP contribution in [0.5, 0.6) is 11.5 Å². The molecule has 0 unspecified atom stereocenters. The Bertz CT molecular complexity index is 428. The molecule has 118 valence electrons. The van der Waals surface area contributed by atoms with E-state index in [1.165, 1.54) is 32.1 Å². The van der Waals surface area contributed by atoms with Crippen LogP contribution in [-0.4, -0.2) is 31.5 Å². The molecule has 2 N–H and O–H groups in total. The van der Waals surface area contributed by atoms with Gasteiger partial charge in [-0.3, -0.25) is 0 Å². The highest BCUT2D eigenvalue weighted by Gasteiger charge is 2.20. The van der Waals surface area contributed by atoms with Gasteiger partial charge in [0.1, 0.15) is 6.61 Å². The lowest BCUT2D eigenvalue weighted by Gasteiger charge is -2.29. The quantitative estimate of drug-likeness (QED) is 0.808. The molecule has 0 spiro atoms. The van der Waals surface area contributed by atoms with Gasteiger partial charge in [-0.05, 0) is 43.7 Å². The van der Waals surface area contributed by atoms with Gasteiger partial charge in [-0.15, -0.1) is 0 Å². The molecule has 1 aromatic rings. The minimum Gasteiger partial charge on any atom is -0.493 e. The number of nitrogens with one attached hydrogen (secondary N) is 1. The van der Waals surface area contributed by atoms with Crippen molar-refractivity contribution in [1.29, 1.82) is 0 Å². The van der Waals surface area contributed by atoms with E-state index in [9.17, 15) is 0 Å². The van der Waals surface area contributed by atoms with E-state index >= 15 is 0 Å². The first kappa shape index (κ1) is 16.0. The van der Waals surface area contributed by atoms with Crippen molar-refractivity contribution in [2.45, 2.75) is 45.1 Å². The Morgan fingerprint density at radius 2 is 1.95 bits per heavy atom. The molecule has 0 aromatic heterocycles. The van der Waals surface area contributed by atoms with Crippen LogP contribution < -0.4 is 14.8 Å². The molecule has 0 saturated heterocycles. The van der Waals surface area contributed by atoms with Gasteiger partial charge in [-0.25, -0.2) is 0 Å². The maximum atomic E-state index is 8.89. The van der Waals surface area contributed by atoms with Crippen LogP contribution in [0.1, 0.15) is 39.0 Å². The van der Waals surface area contributed by atoms with Crippen LogP contribution in [0.25, 0.3) is 0 Å². The van der Waals surface area contributed by atoms with Gasteiger partial charge in [-0.1, -0.05) is 13.3 Å². The smallest absolute Gasteiger partial charge is 0.163 e. The highest BCUT2D eigenvalue weighted by Crippen LogP contribution is 2.33. The SMILES string of the molecule is CCC1CCC(Nc2ccc(OC)c(OCCO)c2)CC1. The second-order valence-electron chi connectivity index (χ2n) is 5.71. The number of hydrogen-bond acceptors (Lipinski definition) is 4. The predicted octanol–water partition coefficient (Wildman–Crippen LogP) is 3.45. The zero-order valence-electron chi connectivity index (χ0n) is 13.1. The summed E-state index contributed by atoms with van der Waals surface area (Å²) in [6.45, 7) is 2.57. The van der Waals surface area contributed by atoms with E-state index in [0.29, 0.717) is 17.5 Å². The number of rotatable bonds is 7. The van der Waals surface area contributed by atoms with Gasteiger partial charge in [0, 0.05) is 17.8 Å². The van der Waals surface area contributed by atoms with Crippen molar-refractivity contribution in [2.75, 3.05) is 25.6 Å². The first-order valence-corrected chi connectivity index (χ1v) is 7.95. The largest absolute Gasteiger partial charge is 0.493 e. The third-order valence-corrected chi connectivity index (χ3v) is 4.31. The van der Waals surface area contributed by atoms with E-state index in [-0.39, 0.29) is 13.2 Å². The molecule has 1 aliphatic rings. The fourth-order valence-electron chi connectivity index (χ4n) is 2.99. The van der Waals surface area contributed by atoms with E-state index < -0.39 is 0 Å². The minimum absolute atomic E-state index is 0.00183. The van der Waals surface area contributed by atoms with Crippen molar-refractivity contribution in [3.05, 3.63) is 18.2 Å². The van der Waals surface area contributed by atoms with Crippen LogP contribution in [-0.2, 0) is 0 Å². The number of anilines is 1. The first-order valence-electron chi connectivity index (χ1n) is 7.95. The van der Waals surface area contributed by atoms with Crippen LogP contribution in [0.15, 0.2) is 18.2 Å². The summed E-state index contributed by atoms with van der Waals surface area (Å²) in [4.78, 5) is 0. The maximum absolute atomic E-state index is 8.89. The standard InChI is InChI=1S/C17H27NO3/c1-3-13-4-6-14(7-5-13)18-15-8-9-16(20-2)17(12-15)21-11-10-19/h8-9,12-14,18-19H,3-7,10-11H2,1-2H3. The van der Waals surface area contributed by atoms with Crippen molar-refractivity contribution in [3.63, 3.8) is 0 Å². The third-order valence-electron chi connectivity index (χ3n) is 4.31. The molecule has 0 bridgehead atoms. The normalized spacial score (nSPS) is 21.9. The Morgan fingerprint density at radius 3 is 2.57 bits per heavy atom. The monoisotopic (exact) mass is 293 g/mol. The summed E-state index contributed by atoms with van der Waals surface area (Å²) in [5, 5.41) is 12.5. The van der Waals surface area contributed by atoms with E-state index in [1.807, 2.05) is 18.2 Å². The Balaban J connectivity index is 1.96. The average molecular weight is 293 g/mol. The summed E-state index contributed by atoms with van der Waals surface area (Å²) < 4.78 is 10.8. The molecule has 1 saturated carbocycles. The number of aliphatic hydroxyl groups excluding tert-OH is 1. The van der Waals surface area contributed by atoms with E-state index in [1.54, 1.807) is 7.11 Å². The Kier molecular flexibility index (Phi) is 6.18. The van der Waals surface area contributed by atoms with Crippen molar-refractivity contribution in [3.8, 4) is 11.5 Å². The summed E-state index contributed by atoms with van der Waals surface area (Å²) in [7, 11) is 1.63. The summed E-state index contributed by atoms with van der Waals surface area (Å²) in [6, 6.07) is 6.44. The van der Waals surface area contributed by atoms with E-state index in [4.69, 9.17) is 14.6 Å². The summed E-state index contributed by atoms with van der Waals surface area (Å²) in [5.74, 6) is 2.28. The van der Waals surface area contributed by atoms with Gasteiger partial charge in [-0.2, -0.15) is 0 Å². The number of ether oxygens (including phenoxy) is 2. The van der Waals surface area contributed by atoms with Crippen LogP contribution in [0.3, 0.4) is 0 Å². The molecule has 4 heteroatoms. The van der Waals surface area contributed by atoms with E-state index in [2.05, 4.69) is 12.2 Å². The van der Waals surface area contributed by atoms with Gasteiger partial charge in [0.05, 0.1) is 13.7 Å². The molecule has 2 rings (SSSR count). The number of benzene rings is 1. The highest BCUT2D eigenvalue weighted by atomic mass is 16.5. The lowest BCUT2D eigenvalue weighted by molar-refractivity contribution is 0.196. The Morgan fingerprint density at radius 1 is 1.19 bits per heavy atom. The molecule has 0 heterocycles. The Labute approximate surface area is 127 Å². The molecule has 0 radical (unpaired) electrons. The number of methoxy groups -OCH3 is 1. The van der Waals surface area contributed by atoms with Gasteiger partial charge in [0.2, 0.25) is 0 Å². The molecular formula is C17H27NO3. The number of hydrogen-bond donors (Lipinski definition) is 2. The number of aliphatic hydroxyl groups is 1. The van der Waals surface area contributed by atoms with Crippen LogP contribution in [0.4, 0.5) is 5.69 Å². The van der Waals surface area contributed by atoms with E-state index in [0.717, 1.165) is 11.6 Å². The fourth-order valence-corrected chi connectivity index (χ4v) is 2.99. The molecule has 1 aromatic carbocycles. The molecule has 4 nitrogen and oxygen atoms in total. The predicted molar refractivity (Wildman–Crippen MR) is 85.2 cm³/mol. The van der Waals surface area contributed by atoms with Gasteiger partial charge in [0.25, 0.3) is 0 Å². The molecule has 0 amide bonds. The van der Waals surface area contributed by atoms with Gasteiger partial charge >= 0.3 is 0 Å². The Hall–Kier alpha value is -1.42. The minimum atomic E-state index is 0.00183. The molecule has 0 atom stereocenters. The molecule has 21 heavy (non-hydrogen) atoms. The van der Waals surface area contributed by atoms with Crippen molar-refractivity contribution >= 4 is 5.69 Å². The zero-order valence-corrected chi connectivity index (χ0v) is 13.1. The van der Waals surface area contributed by atoms with Crippen LogP contribution in [0.2, 0.25) is 0 Å². The highest BCUT2D eigenvalue weighted by molar-refractivity contribution is 5.55. The lowest BCUT2D eigenvalue weighted by Crippen LogP contribution is -2.25. The molecule has 0 aliphatic heterocycles. The molecule has 1 aliphatic carbocycles. The topological polar surface area (TPSA) is 50.7 Å². The zero-order chi connectivity index (χ0) is 15.1. The van der Waals surface area contributed by atoms with Crippen molar-refractivity contribution in [2.24, 2.45) is 5.92 Å². The summed E-state index contributed by atoms with van der Waals surface area (Å²) in [6.07, 6.45) is 6.40. The molecular weight excluding hydrogens is 266 g/mol. The third kappa shape index (κ3) is 4.53. The van der Waals surface area contributed by atoms with Gasteiger partial charge < -0.3 is 19.9 Å². The second kappa shape index (κ2) is 8.13. The van der Waals surface area contributed by atoms with Crippen LogP contribution in [0, 0.1) is 5.92 Å². The van der Waals surface area contributed by atoms with Crippen molar-refractivity contribution in [1.82, 2.24) is 0 Å². The lowest BCUT2D eigenvalue weighted by atomic mass is 9.84. The fraction of sp³-hybridized carbons (Fsp3) is 0.647. The van der Waals surface area contributed by atoms with Crippen molar-refractivity contribution < 1.29 is 14.6 Å². The second-order valence-corrected chi connectivity index (χ2v) is 5.71. The maximum Gasteiger partial charge on any atom is 0.163 e. The van der Waals surface area contributed by atoms with Gasteiger partial charge in [0.15, 0.2) is 11.5 Å². The summed E-state index contributed by atoms with van der Waals surface area (Å²) >= 11 is 0. The first-order chi connectivity index (χ1) is 10.3. The molecule has 1 fully saturated rings.